The van der Waals surface area contributed by atoms with Crippen LogP contribution in [0.3, 0.4) is 0 Å². The first-order chi connectivity index (χ1) is 16.5. The van der Waals surface area contributed by atoms with E-state index >= 15 is 0 Å². The van der Waals surface area contributed by atoms with E-state index in [2.05, 4.69) is 30.1 Å². The number of aromatic nitrogens is 5. The predicted octanol–water partition coefficient (Wildman–Crippen LogP) is 4.89. The number of hydrogen-bond donors (Lipinski definition) is 1. The van der Waals surface area contributed by atoms with E-state index in [0.29, 0.717) is 10.2 Å². The standard InChI is InChI=1S/C21H12F6N6O2/c22-20(23,24)16-8-15(12-2-1-7-28-9-12)32-33(16)14-4-5-17(29-11-14)31-19(34)13-3-6-18(30-10-13)35-21(25,26)27/h1-11H,(H,29,31,34). The number of alkyl halides is 6. The number of rotatable bonds is 5. The molecule has 0 aromatic carbocycles. The summed E-state index contributed by atoms with van der Waals surface area (Å²) in [5.41, 5.74) is -0.733. The molecule has 14 heteroatoms. The first kappa shape index (κ1) is 23.7. The minimum absolute atomic E-state index is 0.0254. The highest BCUT2D eigenvalue weighted by atomic mass is 19.4. The monoisotopic (exact) mass is 494 g/mol. The summed E-state index contributed by atoms with van der Waals surface area (Å²) < 4.78 is 81.7. The predicted molar refractivity (Wildman–Crippen MR) is 108 cm³/mol. The highest BCUT2D eigenvalue weighted by Crippen LogP contribution is 2.34. The van der Waals surface area contributed by atoms with Gasteiger partial charge < -0.3 is 10.1 Å². The second-order valence-electron chi connectivity index (χ2n) is 6.85. The minimum Gasteiger partial charge on any atom is -0.388 e. The maximum absolute atomic E-state index is 13.6. The topological polar surface area (TPSA) is 94.8 Å². The molecule has 0 spiro atoms. The third-order valence-electron chi connectivity index (χ3n) is 4.41. The van der Waals surface area contributed by atoms with Crippen LogP contribution in [0.2, 0.25) is 0 Å². The third kappa shape index (κ3) is 5.72. The van der Waals surface area contributed by atoms with Crippen LogP contribution in [0.4, 0.5) is 32.2 Å². The summed E-state index contributed by atoms with van der Waals surface area (Å²) in [6.45, 7) is 0. The molecule has 8 nitrogen and oxygen atoms in total. The average Bonchev–Trinajstić information content (AvgIpc) is 3.26. The Morgan fingerprint density at radius 1 is 0.943 bits per heavy atom. The number of carbonyl (C=O) groups excluding carboxylic acids is 1. The minimum atomic E-state index is -4.93. The van der Waals surface area contributed by atoms with Crippen LogP contribution in [0.5, 0.6) is 5.88 Å². The fourth-order valence-electron chi connectivity index (χ4n) is 2.90. The number of pyridine rings is 3. The van der Waals surface area contributed by atoms with Gasteiger partial charge >= 0.3 is 12.5 Å². The maximum Gasteiger partial charge on any atom is 0.574 e. The quantitative estimate of drug-likeness (QED) is 0.397. The molecule has 4 heterocycles. The van der Waals surface area contributed by atoms with Gasteiger partial charge in [0.05, 0.1) is 23.1 Å². The average molecular weight is 494 g/mol. The van der Waals surface area contributed by atoms with E-state index in [4.69, 9.17) is 0 Å². The molecular formula is C21H12F6N6O2. The summed E-state index contributed by atoms with van der Waals surface area (Å²) >= 11 is 0. The molecule has 0 aliphatic heterocycles. The normalized spacial score (nSPS) is 11.8. The second kappa shape index (κ2) is 9.04. The summed E-state index contributed by atoms with van der Waals surface area (Å²) in [6, 6.07) is 8.42. The zero-order valence-corrected chi connectivity index (χ0v) is 17.2. The number of nitrogens with one attached hydrogen (secondary N) is 1. The molecule has 0 atom stereocenters. The van der Waals surface area contributed by atoms with E-state index in [-0.39, 0.29) is 22.8 Å². The Hall–Kier alpha value is -4.49. The molecule has 0 radical (unpaired) electrons. The van der Waals surface area contributed by atoms with Crippen molar-refractivity contribution >= 4 is 11.7 Å². The summed E-state index contributed by atoms with van der Waals surface area (Å²) in [5.74, 6) is -1.53. The molecule has 0 aliphatic rings. The first-order valence-electron chi connectivity index (χ1n) is 9.57. The fourth-order valence-corrected chi connectivity index (χ4v) is 2.90. The van der Waals surface area contributed by atoms with Crippen LogP contribution >= 0.6 is 0 Å². The molecular weight excluding hydrogens is 482 g/mol. The lowest BCUT2D eigenvalue weighted by Gasteiger charge is -2.11. The zero-order chi connectivity index (χ0) is 25.2. The highest BCUT2D eigenvalue weighted by molar-refractivity contribution is 6.03. The van der Waals surface area contributed by atoms with Gasteiger partial charge in [0, 0.05) is 30.2 Å². The Balaban J connectivity index is 1.53. The van der Waals surface area contributed by atoms with Crippen molar-refractivity contribution < 1.29 is 35.9 Å². The molecule has 0 saturated carbocycles. The van der Waals surface area contributed by atoms with Crippen LogP contribution in [0.15, 0.2) is 67.3 Å². The maximum atomic E-state index is 13.6. The van der Waals surface area contributed by atoms with Gasteiger partial charge in [-0.15, -0.1) is 13.2 Å². The Bertz CT molecular complexity index is 1320. The number of carbonyl (C=O) groups is 1. The fraction of sp³-hybridized carbons (Fsp3) is 0.0952. The van der Waals surface area contributed by atoms with Crippen LogP contribution in [0, 0.1) is 0 Å². The van der Waals surface area contributed by atoms with Crippen molar-refractivity contribution in [1.82, 2.24) is 24.7 Å². The van der Waals surface area contributed by atoms with E-state index in [1.54, 1.807) is 12.1 Å². The molecule has 4 aromatic rings. The smallest absolute Gasteiger partial charge is 0.388 e. The molecule has 1 amide bonds. The van der Waals surface area contributed by atoms with Gasteiger partial charge in [0.15, 0.2) is 0 Å². The largest absolute Gasteiger partial charge is 0.574 e. The zero-order valence-electron chi connectivity index (χ0n) is 17.2. The van der Waals surface area contributed by atoms with Gasteiger partial charge in [-0.2, -0.15) is 18.3 Å². The second-order valence-corrected chi connectivity index (χ2v) is 6.85. The van der Waals surface area contributed by atoms with Gasteiger partial charge in [-0.1, -0.05) is 0 Å². The van der Waals surface area contributed by atoms with Crippen LogP contribution in [-0.4, -0.2) is 37.0 Å². The van der Waals surface area contributed by atoms with E-state index in [1.807, 2.05) is 0 Å². The van der Waals surface area contributed by atoms with E-state index < -0.39 is 30.0 Å². The van der Waals surface area contributed by atoms with Gasteiger partial charge in [0.2, 0.25) is 5.88 Å². The van der Waals surface area contributed by atoms with Crippen LogP contribution in [-0.2, 0) is 6.18 Å². The van der Waals surface area contributed by atoms with E-state index in [0.717, 1.165) is 30.6 Å². The number of amides is 1. The van der Waals surface area contributed by atoms with E-state index in [9.17, 15) is 31.1 Å². The number of halogens is 6. The van der Waals surface area contributed by atoms with Crippen molar-refractivity contribution in [2.45, 2.75) is 12.5 Å². The molecule has 180 valence electrons. The van der Waals surface area contributed by atoms with Crippen molar-refractivity contribution in [3.05, 3.63) is 78.5 Å². The van der Waals surface area contributed by atoms with E-state index in [1.165, 1.54) is 24.5 Å². The van der Waals surface area contributed by atoms with Crippen LogP contribution in [0.25, 0.3) is 16.9 Å². The Morgan fingerprint density at radius 3 is 2.31 bits per heavy atom. The third-order valence-corrected chi connectivity index (χ3v) is 4.41. The highest BCUT2D eigenvalue weighted by Gasteiger charge is 2.36. The molecule has 0 aliphatic carbocycles. The van der Waals surface area contributed by atoms with Gasteiger partial charge in [0.1, 0.15) is 11.5 Å². The van der Waals surface area contributed by atoms with Crippen molar-refractivity contribution in [3.8, 4) is 22.8 Å². The number of anilines is 1. The lowest BCUT2D eigenvalue weighted by Crippen LogP contribution is -2.18. The van der Waals surface area contributed by atoms with Gasteiger partial charge in [-0.25, -0.2) is 14.6 Å². The molecule has 0 unspecified atom stereocenters. The summed E-state index contributed by atoms with van der Waals surface area (Å²) in [6.07, 6.45) is -4.85. The number of nitrogens with zero attached hydrogens (tertiary/aromatic N) is 5. The molecule has 35 heavy (non-hydrogen) atoms. The van der Waals surface area contributed by atoms with Crippen LogP contribution in [0.1, 0.15) is 16.1 Å². The molecule has 0 bridgehead atoms. The van der Waals surface area contributed by atoms with Crippen LogP contribution < -0.4 is 10.1 Å². The first-order valence-corrected chi connectivity index (χ1v) is 9.57. The number of hydrogen-bond acceptors (Lipinski definition) is 6. The van der Waals surface area contributed by atoms with Gasteiger partial charge in [-0.3, -0.25) is 9.78 Å². The number of ether oxygens (including phenoxy) is 1. The van der Waals surface area contributed by atoms with Crippen molar-refractivity contribution in [3.63, 3.8) is 0 Å². The lowest BCUT2D eigenvalue weighted by molar-refractivity contribution is -0.276. The molecule has 0 saturated heterocycles. The van der Waals surface area contributed by atoms with Crippen molar-refractivity contribution in [2.75, 3.05) is 5.32 Å². The summed E-state index contributed by atoms with van der Waals surface area (Å²) in [4.78, 5) is 23.5. The summed E-state index contributed by atoms with van der Waals surface area (Å²) in [5, 5.41) is 6.39. The Labute approximate surface area is 192 Å². The van der Waals surface area contributed by atoms with Gasteiger partial charge in [-0.05, 0) is 36.4 Å². The van der Waals surface area contributed by atoms with Crippen molar-refractivity contribution in [1.29, 1.82) is 0 Å². The van der Waals surface area contributed by atoms with Gasteiger partial charge in [0.25, 0.3) is 5.91 Å². The molecule has 4 rings (SSSR count). The Morgan fingerprint density at radius 2 is 1.74 bits per heavy atom. The lowest BCUT2D eigenvalue weighted by atomic mass is 10.2. The molecule has 4 aromatic heterocycles. The molecule has 1 N–H and O–H groups in total. The Kier molecular flexibility index (Phi) is 6.11. The summed E-state index contributed by atoms with van der Waals surface area (Å²) in [7, 11) is 0. The van der Waals surface area contributed by atoms with Crippen molar-refractivity contribution in [2.24, 2.45) is 0 Å². The molecule has 0 fully saturated rings. The SMILES string of the molecule is O=C(Nc1ccc(-n2nc(-c3cccnc3)cc2C(F)(F)F)cn1)c1ccc(OC(F)(F)F)nc1.